The second-order valence-corrected chi connectivity index (χ2v) is 6.38. The topological polar surface area (TPSA) is 49.4 Å². The first-order chi connectivity index (χ1) is 11.5. The van der Waals surface area contributed by atoms with Crippen molar-refractivity contribution in [1.82, 2.24) is 5.32 Å². The van der Waals surface area contributed by atoms with Crippen molar-refractivity contribution in [2.45, 2.75) is 32.7 Å². The van der Waals surface area contributed by atoms with E-state index in [1.165, 1.54) is 5.56 Å². The number of carbonyl (C=O) groups is 2. The van der Waals surface area contributed by atoms with Crippen LogP contribution in [0.15, 0.2) is 48.5 Å². The number of nitrogens with zero attached hydrogens (tertiary/aromatic N) is 1. The molecule has 0 saturated carbocycles. The predicted molar refractivity (Wildman–Crippen MR) is 95.0 cm³/mol. The lowest BCUT2D eigenvalue weighted by atomic mass is 10.1. The minimum Gasteiger partial charge on any atom is -0.347 e. The Hall–Kier alpha value is -2.62. The molecule has 4 heteroatoms. The molecule has 1 aliphatic rings. The molecule has 2 aromatic carbocycles. The number of hydrogen-bond acceptors (Lipinski definition) is 2. The van der Waals surface area contributed by atoms with E-state index in [-0.39, 0.29) is 24.4 Å². The Labute approximate surface area is 142 Å². The van der Waals surface area contributed by atoms with Crippen LogP contribution in [-0.2, 0) is 22.4 Å². The van der Waals surface area contributed by atoms with Crippen LogP contribution in [0.2, 0.25) is 0 Å². The summed E-state index contributed by atoms with van der Waals surface area (Å²) in [5.41, 5.74) is 4.26. The third kappa shape index (κ3) is 3.48. The van der Waals surface area contributed by atoms with Gasteiger partial charge in [-0.15, -0.1) is 0 Å². The van der Waals surface area contributed by atoms with Crippen molar-refractivity contribution in [3.05, 3.63) is 65.2 Å². The van der Waals surface area contributed by atoms with Crippen LogP contribution >= 0.6 is 0 Å². The molecule has 0 bridgehead atoms. The minimum absolute atomic E-state index is 0.0311. The van der Waals surface area contributed by atoms with Gasteiger partial charge in [-0.25, -0.2) is 0 Å². The van der Waals surface area contributed by atoms with Gasteiger partial charge >= 0.3 is 0 Å². The quantitative estimate of drug-likeness (QED) is 0.941. The molecule has 0 aliphatic carbocycles. The molecule has 0 fully saturated rings. The summed E-state index contributed by atoms with van der Waals surface area (Å²) in [7, 11) is 0. The maximum absolute atomic E-state index is 12.5. The van der Waals surface area contributed by atoms with Crippen LogP contribution in [0.5, 0.6) is 0 Å². The molecule has 0 spiro atoms. The van der Waals surface area contributed by atoms with Crippen LogP contribution in [0, 0.1) is 6.92 Å². The van der Waals surface area contributed by atoms with Crippen LogP contribution in [0.1, 0.15) is 23.6 Å². The largest absolute Gasteiger partial charge is 0.347 e. The van der Waals surface area contributed by atoms with Gasteiger partial charge in [-0.1, -0.05) is 48.0 Å². The molecular weight excluding hydrogens is 300 g/mol. The average molecular weight is 322 g/mol. The highest BCUT2D eigenvalue weighted by molar-refractivity contribution is 5.99. The monoisotopic (exact) mass is 322 g/mol. The Balaban J connectivity index is 1.57. The molecule has 1 aliphatic heterocycles. The first-order valence-electron chi connectivity index (χ1n) is 8.27. The van der Waals surface area contributed by atoms with E-state index < -0.39 is 0 Å². The van der Waals surface area contributed by atoms with E-state index in [0.717, 1.165) is 23.2 Å². The lowest BCUT2D eigenvalue weighted by molar-refractivity contribution is -0.124. The summed E-state index contributed by atoms with van der Waals surface area (Å²) in [6.45, 7) is 4.08. The zero-order chi connectivity index (χ0) is 17.1. The number of anilines is 1. The summed E-state index contributed by atoms with van der Waals surface area (Å²) in [5, 5.41) is 2.74. The highest BCUT2D eigenvalue weighted by Crippen LogP contribution is 2.31. The van der Waals surface area contributed by atoms with Crippen molar-refractivity contribution >= 4 is 17.5 Å². The van der Waals surface area contributed by atoms with Crippen molar-refractivity contribution in [3.8, 4) is 0 Å². The number of fused-ring (bicyclic) bond motifs is 1. The number of para-hydroxylation sites is 1. The highest BCUT2D eigenvalue weighted by Gasteiger charge is 2.30. The number of benzene rings is 2. The highest BCUT2D eigenvalue weighted by atomic mass is 16.2. The van der Waals surface area contributed by atoms with E-state index >= 15 is 0 Å². The first-order valence-corrected chi connectivity index (χ1v) is 8.27. The van der Waals surface area contributed by atoms with E-state index in [9.17, 15) is 9.59 Å². The van der Waals surface area contributed by atoms with Gasteiger partial charge in [0, 0.05) is 11.7 Å². The number of rotatable bonds is 4. The van der Waals surface area contributed by atoms with Crippen molar-refractivity contribution < 1.29 is 9.59 Å². The average Bonchev–Trinajstić information content (AvgIpc) is 2.90. The Morgan fingerprint density at radius 2 is 1.83 bits per heavy atom. The van der Waals surface area contributed by atoms with Crippen molar-refractivity contribution in [1.29, 1.82) is 0 Å². The van der Waals surface area contributed by atoms with Crippen LogP contribution in [0.3, 0.4) is 0 Å². The molecular formula is C20H22N2O2. The van der Waals surface area contributed by atoms with E-state index in [1.54, 1.807) is 4.90 Å². The Morgan fingerprint density at radius 1 is 1.12 bits per heavy atom. The van der Waals surface area contributed by atoms with Crippen molar-refractivity contribution in [2.75, 3.05) is 11.4 Å². The van der Waals surface area contributed by atoms with E-state index in [0.29, 0.717) is 6.42 Å². The molecule has 0 radical (unpaired) electrons. The molecule has 0 aromatic heterocycles. The standard InChI is InChI=1S/C20H22N2O2/c1-14-7-9-16(10-8-14)12-19(23)21-13-20(24)22-15(2)11-17-5-3-4-6-18(17)22/h3-10,15H,11-13H2,1-2H3,(H,21,23). The zero-order valence-corrected chi connectivity index (χ0v) is 14.1. The predicted octanol–water partition coefficient (Wildman–Crippen LogP) is 2.63. The first kappa shape index (κ1) is 16.2. The van der Waals surface area contributed by atoms with Gasteiger partial charge in [0.1, 0.15) is 0 Å². The number of amides is 2. The number of hydrogen-bond donors (Lipinski definition) is 1. The van der Waals surface area contributed by atoms with Crippen LogP contribution in [0.4, 0.5) is 5.69 Å². The smallest absolute Gasteiger partial charge is 0.246 e. The molecule has 1 unspecified atom stereocenters. The van der Waals surface area contributed by atoms with Gasteiger partial charge in [0.25, 0.3) is 0 Å². The van der Waals surface area contributed by atoms with E-state index in [2.05, 4.69) is 11.4 Å². The molecule has 2 amide bonds. The normalized spacial score (nSPS) is 15.9. The Bertz CT molecular complexity index is 752. The van der Waals surface area contributed by atoms with Crippen LogP contribution in [-0.4, -0.2) is 24.4 Å². The van der Waals surface area contributed by atoms with E-state index in [4.69, 9.17) is 0 Å². The molecule has 124 valence electrons. The summed E-state index contributed by atoms with van der Waals surface area (Å²) in [6, 6.07) is 15.9. The third-order valence-corrected chi connectivity index (χ3v) is 4.40. The van der Waals surface area contributed by atoms with Gasteiger partial charge in [0.05, 0.1) is 13.0 Å². The van der Waals surface area contributed by atoms with Gasteiger partial charge in [-0.05, 0) is 37.5 Å². The van der Waals surface area contributed by atoms with Crippen molar-refractivity contribution in [3.63, 3.8) is 0 Å². The lowest BCUT2D eigenvalue weighted by Gasteiger charge is -2.22. The zero-order valence-electron chi connectivity index (χ0n) is 14.1. The molecule has 0 saturated heterocycles. The minimum atomic E-state index is -0.132. The molecule has 24 heavy (non-hydrogen) atoms. The fraction of sp³-hybridized carbons (Fsp3) is 0.300. The summed E-state index contributed by atoms with van der Waals surface area (Å²) in [4.78, 5) is 26.4. The SMILES string of the molecule is Cc1ccc(CC(=O)NCC(=O)N2c3ccccc3CC2C)cc1. The molecule has 1 atom stereocenters. The fourth-order valence-electron chi connectivity index (χ4n) is 3.16. The molecule has 4 nitrogen and oxygen atoms in total. The third-order valence-electron chi connectivity index (χ3n) is 4.40. The molecule has 3 rings (SSSR count). The van der Waals surface area contributed by atoms with E-state index in [1.807, 2.05) is 56.3 Å². The summed E-state index contributed by atoms with van der Waals surface area (Å²) in [6.07, 6.45) is 1.15. The van der Waals surface area contributed by atoms with Crippen LogP contribution < -0.4 is 10.2 Å². The Kier molecular flexibility index (Phi) is 4.65. The molecule has 2 aromatic rings. The van der Waals surface area contributed by atoms with Crippen LogP contribution in [0.25, 0.3) is 0 Å². The van der Waals surface area contributed by atoms with Crippen molar-refractivity contribution in [2.24, 2.45) is 0 Å². The lowest BCUT2D eigenvalue weighted by Crippen LogP contribution is -2.43. The number of aryl methyl sites for hydroxylation is 1. The maximum atomic E-state index is 12.5. The number of carbonyl (C=O) groups excluding carboxylic acids is 2. The van der Waals surface area contributed by atoms with Gasteiger partial charge in [-0.3, -0.25) is 9.59 Å². The second-order valence-electron chi connectivity index (χ2n) is 6.38. The summed E-state index contributed by atoms with van der Waals surface area (Å²) >= 11 is 0. The van der Waals surface area contributed by atoms with Gasteiger partial charge in [0.2, 0.25) is 11.8 Å². The maximum Gasteiger partial charge on any atom is 0.246 e. The Morgan fingerprint density at radius 3 is 2.58 bits per heavy atom. The second kappa shape index (κ2) is 6.87. The summed E-state index contributed by atoms with van der Waals surface area (Å²) < 4.78 is 0. The number of nitrogens with one attached hydrogen (secondary N) is 1. The van der Waals surface area contributed by atoms with Gasteiger partial charge in [-0.2, -0.15) is 0 Å². The van der Waals surface area contributed by atoms with Gasteiger partial charge < -0.3 is 10.2 Å². The molecule has 1 heterocycles. The fourth-order valence-corrected chi connectivity index (χ4v) is 3.16. The summed E-state index contributed by atoms with van der Waals surface area (Å²) in [5.74, 6) is -0.197. The molecule has 1 N–H and O–H groups in total. The van der Waals surface area contributed by atoms with Gasteiger partial charge in [0.15, 0.2) is 0 Å².